The highest BCUT2D eigenvalue weighted by Gasteiger charge is 2.19. The molecule has 1 saturated heterocycles. The molecule has 3 nitrogen and oxygen atoms in total. The zero-order chi connectivity index (χ0) is 13.1. The van der Waals surface area contributed by atoms with Gasteiger partial charge in [-0.15, -0.1) is 0 Å². The Bertz CT molecular complexity index is 445. The Kier molecular flexibility index (Phi) is 4.12. The van der Waals surface area contributed by atoms with Crippen molar-refractivity contribution >= 4 is 23.1 Å². The number of amidine groups is 1. The Morgan fingerprint density at radius 2 is 2.17 bits per heavy atom. The second-order valence-electron chi connectivity index (χ2n) is 4.97. The molecule has 4 heteroatoms. The standard InChI is InChI=1S/C14H20ClN3/c1-10-5-3-2-4-8-18(10)13-7-6-11(14(16)17)9-12(13)15/h6-7,9-10H,2-5,8H2,1H3,(H3,16,17). The molecule has 1 atom stereocenters. The summed E-state index contributed by atoms with van der Waals surface area (Å²) in [4.78, 5) is 2.37. The zero-order valence-electron chi connectivity index (χ0n) is 10.7. The predicted octanol–water partition coefficient (Wildman–Crippen LogP) is 3.39. The predicted molar refractivity (Wildman–Crippen MR) is 77.7 cm³/mol. The minimum absolute atomic E-state index is 0.0624. The number of rotatable bonds is 2. The molecule has 2 rings (SSSR count). The average Bonchev–Trinajstić information content (AvgIpc) is 2.54. The van der Waals surface area contributed by atoms with Gasteiger partial charge in [0.05, 0.1) is 10.7 Å². The third-order valence-electron chi connectivity index (χ3n) is 3.62. The monoisotopic (exact) mass is 265 g/mol. The molecule has 1 aliphatic heterocycles. The minimum Gasteiger partial charge on any atom is -0.384 e. The van der Waals surface area contributed by atoms with Gasteiger partial charge in [0.2, 0.25) is 0 Å². The van der Waals surface area contributed by atoms with Crippen molar-refractivity contribution in [2.75, 3.05) is 11.4 Å². The fourth-order valence-electron chi connectivity index (χ4n) is 2.54. The van der Waals surface area contributed by atoms with Crippen LogP contribution in [0.2, 0.25) is 5.02 Å². The van der Waals surface area contributed by atoms with Crippen LogP contribution in [0.3, 0.4) is 0 Å². The van der Waals surface area contributed by atoms with Gasteiger partial charge in [0.1, 0.15) is 5.84 Å². The maximum Gasteiger partial charge on any atom is 0.122 e. The summed E-state index contributed by atoms with van der Waals surface area (Å²) in [6, 6.07) is 6.17. The summed E-state index contributed by atoms with van der Waals surface area (Å²) in [6.45, 7) is 3.31. The van der Waals surface area contributed by atoms with Crippen molar-refractivity contribution in [3.8, 4) is 0 Å². The smallest absolute Gasteiger partial charge is 0.122 e. The molecule has 18 heavy (non-hydrogen) atoms. The molecule has 0 spiro atoms. The molecule has 98 valence electrons. The molecule has 1 heterocycles. The lowest BCUT2D eigenvalue weighted by molar-refractivity contribution is 0.616. The van der Waals surface area contributed by atoms with Gasteiger partial charge in [-0.05, 0) is 38.0 Å². The largest absolute Gasteiger partial charge is 0.384 e. The highest BCUT2D eigenvalue weighted by Crippen LogP contribution is 2.31. The van der Waals surface area contributed by atoms with Crippen LogP contribution in [0.4, 0.5) is 5.69 Å². The molecule has 0 amide bonds. The van der Waals surface area contributed by atoms with Gasteiger partial charge in [0.25, 0.3) is 0 Å². The SMILES string of the molecule is CC1CCCCCN1c1ccc(C(=N)N)cc1Cl. The highest BCUT2D eigenvalue weighted by molar-refractivity contribution is 6.33. The zero-order valence-corrected chi connectivity index (χ0v) is 11.5. The van der Waals surface area contributed by atoms with Crippen LogP contribution in [-0.4, -0.2) is 18.4 Å². The van der Waals surface area contributed by atoms with E-state index < -0.39 is 0 Å². The van der Waals surface area contributed by atoms with E-state index in [1.54, 1.807) is 6.07 Å². The number of nitrogens with zero attached hydrogens (tertiary/aromatic N) is 1. The molecule has 0 bridgehead atoms. The lowest BCUT2D eigenvalue weighted by Crippen LogP contribution is -2.32. The molecule has 1 unspecified atom stereocenters. The van der Waals surface area contributed by atoms with E-state index in [1.165, 1.54) is 25.7 Å². The molecule has 1 aliphatic rings. The minimum atomic E-state index is 0.0624. The summed E-state index contributed by atoms with van der Waals surface area (Å²) < 4.78 is 0. The van der Waals surface area contributed by atoms with Crippen LogP contribution in [0.5, 0.6) is 0 Å². The van der Waals surface area contributed by atoms with Gasteiger partial charge in [0.15, 0.2) is 0 Å². The van der Waals surface area contributed by atoms with Crippen molar-refractivity contribution in [2.45, 2.75) is 38.6 Å². The Balaban J connectivity index is 2.29. The maximum absolute atomic E-state index is 7.43. The lowest BCUT2D eigenvalue weighted by Gasteiger charge is -2.30. The first-order valence-corrected chi connectivity index (χ1v) is 6.88. The number of benzene rings is 1. The van der Waals surface area contributed by atoms with E-state index in [9.17, 15) is 0 Å². The summed E-state index contributed by atoms with van der Waals surface area (Å²) in [5.74, 6) is 0.0624. The Morgan fingerprint density at radius 3 is 2.83 bits per heavy atom. The van der Waals surface area contributed by atoms with Gasteiger partial charge in [0, 0.05) is 18.2 Å². The van der Waals surface area contributed by atoms with Crippen molar-refractivity contribution in [1.29, 1.82) is 5.41 Å². The van der Waals surface area contributed by atoms with Crippen LogP contribution >= 0.6 is 11.6 Å². The first kappa shape index (κ1) is 13.2. The number of nitrogens with two attached hydrogens (primary N) is 1. The summed E-state index contributed by atoms with van der Waals surface area (Å²) >= 11 is 6.33. The van der Waals surface area contributed by atoms with E-state index in [2.05, 4.69) is 11.8 Å². The molecule has 0 aromatic heterocycles. The number of hydrogen-bond donors (Lipinski definition) is 2. The molecule has 1 fully saturated rings. The van der Waals surface area contributed by atoms with E-state index in [1.807, 2.05) is 12.1 Å². The summed E-state index contributed by atoms with van der Waals surface area (Å²) in [7, 11) is 0. The van der Waals surface area contributed by atoms with Crippen LogP contribution < -0.4 is 10.6 Å². The van der Waals surface area contributed by atoms with E-state index in [4.69, 9.17) is 22.7 Å². The summed E-state index contributed by atoms with van der Waals surface area (Å²) in [6.07, 6.45) is 5.02. The summed E-state index contributed by atoms with van der Waals surface area (Å²) in [5, 5.41) is 8.12. The number of nitrogens with one attached hydrogen (secondary N) is 1. The highest BCUT2D eigenvalue weighted by atomic mass is 35.5. The van der Waals surface area contributed by atoms with Crippen LogP contribution in [0.25, 0.3) is 0 Å². The van der Waals surface area contributed by atoms with Gasteiger partial charge >= 0.3 is 0 Å². The normalized spacial score (nSPS) is 20.6. The van der Waals surface area contributed by atoms with E-state index in [0.29, 0.717) is 16.6 Å². The Labute approximate surface area is 113 Å². The second kappa shape index (κ2) is 5.61. The summed E-state index contributed by atoms with van der Waals surface area (Å²) in [5.41, 5.74) is 7.23. The third-order valence-corrected chi connectivity index (χ3v) is 3.92. The number of halogens is 1. The lowest BCUT2D eigenvalue weighted by atomic mass is 10.1. The molecule has 0 aliphatic carbocycles. The first-order valence-electron chi connectivity index (χ1n) is 6.50. The Morgan fingerprint density at radius 1 is 1.39 bits per heavy atom. The molecule has 3 N–H and O–H groups in total. The molecule has 1 aromatic carbocycles. The maximum atomic E-state index is 7.43. The molecule has 0 radical (unpaired) electrons. The topological polar surface area (TPSA) is 53.1 Å². The molecular weight excluding hydrogens is 246 g/mol. The van der Waals surface area contributed by atoms with E-state index >= 15 is 0 Å². The van der Waals surface area contributed by atoms with Crippen LogP contribution in [0.1, 0.15) is 38.2 Å². The second-order valence-corrected chi connectivity index (χ2v) is 5.38. The van der Waals surface area contributed by atoms with Crippen molar-refractivity contribution in [3.63, 3.8) is 0 Å². The van der Waals surface area contributed by atoms with Crippen molar-refractivity contribution < 1.29 is 0 Å². The van der Waals surface area contributed by atoms with Gasteiger partial charge in [-0.3, -0.25) is 5.41 Å². The van der Waals surface area contributed by atoms with Gasteiger partial charge in [-0.2, -0.15) is 0 Å². The van der Waals surface area contributed by atoms with Crippen LogP contribution in [0.15, 0.2) is 18.2 Å². The number of hydrogen-bond acceptors (Lipinski definition) is 2. The molecular formula is C14H20ClN3. The quantitative estimate of drug-likeness (QED) is 0.636. The van der Waals surface area contributed by atoms with Gasteiger partial charge in [-0.25, -0.2) is 0 Å². The Hall–Kier alpha value is -1.22. The van der Waals surface area contributed by atoms with E-state index in [-0.39, 0.29) is 5.84 Å². The number of nitrogen functional groups attached to an aromatic ring is 1. The van der Waals surface area contributed by atoms with Crippen molar-refractivity contribution in [2.24, 2.45) is 5.73 Å². The van der Waals surface area contributed by atoms with Crippen molar-refractivity contribution in [3.05, 3.63) is 28.8 Å². The fourth-order valence-corrected chi connectivity index (χ4v) is 2.83. The average molecular weight is 266 g/mol. The third kappa shape index (κ3) is 2.78. The van der Waals surface area contributed by atoms with Gasteiger partial charge in [-0.1, -0.05) is 24.4 Å². The van der Waals surface area contributed by atoms with Crippen LogP contribution in [0, 0.1) is 5.41 Å². The fraction of sp³-hybridized carbons (Fsp3) is 0.500. The van der Waals surface area contributed by atoms with Gasteiger partial charge < -0.3 is 10.6 Å². The molecule has 1 aromatic rings. The molecule has 0 saturated carbocycles. The van der Waals surface area contributed by atoms with E-state index in [0.717, 1.165) is 12.2 Å². The van der Waals surface area contributed by atoms with Crippen molar-refractivity contribution in [1.82, 2.24) is 0 Å². The number of anilines is 1. The first-order chi connectivity index (χ1) is 8.59. The van der Waals surface area contributed by atoms with Crippen LogP contribution in [-0.2, 0) is 0 Å².